The maximum absolute atomic E-state index is 5.96. The van der Waals surface area contributed by atoms with Gasteiger partial charge in [0.25, 0.3) is 0 Å². The first-order chi connectivity index (χ1) is 9.18. The molecular weight excluding hydrogens is 232 g/mol. The Balaban J connectivity index is 1.90. The van der Waals surface area contributed by atoms with Gasteiger partial charge >= 0.3 is 0 Å². The Labute approximate surface area is 115 Å². The van der Waals surface area contributed by atoms with Gasteiger partial charge in [0.2, 0.25) is 0 Å². The van der Waals surface area contributed by atoms with Crippen LogP contribution in [0.4, 0.5) is 11.4 Å². The highest BCUT2D eigenvalue weighted by Crippen LogP contribution is 2.19. The molecule has 2 aromatic rings. The van der Waals surface area contributed by atoms with Crippen LogP contribution in [0.25, 0.3) is 0 Å². The summed E-state index contributed by atoms with van der Waals surface area (Å²) in [5.74, 6) is 0. The predicted molar refractivity (Wildman–Crippen MR) is 83.6 cm³/mol. The van der Waals surface area contributed by atoms with Gasteiger partial charge in [-0.05, 0) is 43.0 Å². The molecular formula is C17H22N2. The van der Waals surface area contributed by atoms with Crippen molar-refractivity contribution in [3.8, 4) is 0 Å². The Hall–Kier alpha value is -1.96. The Bertz CT molecular complexity index is 534. The molecule has 2 aromatic carbocycles. The van der Waals surface area contributed by atoms with E-state index in [1.165, 1.54) is 16.8 Å². The highest BCUT2D eigenvalue weighted by atomic mass is 15.1. The molecule has 0 aliphatic rings. The van der Waals surface area contributed by atoms with Crippen LogP contribution in [0.2, 0.25) is 0 Å². The molecule has 0 bridgehead atoms. The highest BCUT2D eigenvalue weighted by Gasteiger charge is 2.04. The van der Waals surface area contributed by atoms with Gasteiger partial charge in [-0.15, -0.1) is 0 Å². The zero-order valence-electron chi connectivity index (χ0n) is 11.8. The topological polar surface area (TPSA) is 29.3 Å². The molecule has 0 heterocycles. The van der Waals surface area contributed by atoms with Crippen molar-refractivity contribution in [2.45, 2.75) is 19.8 Å². The lowest BCUT2D eigenvalue weighted by atomic mass is 10.1. The molecule has 0 saturated carbocycles. The fourth-order valence-corrected chi connectivity index (χ4v) is 2.38. The number of nitrogens with zero attached hydrogens (tertiary/aromatic N) is 1. The van der Waals surface area contributed by atoms with Crippen LogP contribution in [0.3, 0.4) is 0 Å². The molecule has 0 radical (unpaired) electrons. The molecule has 0 amide bonds. The number of nitrogen functional groups attached to an aromatic ring is 1. The molecule has 2 N–H and O–H groups in total. The van der Waals surface area contributed by atoms with Crippen LogP contribution < -0.4 is 10.6 Å². The molecule has 0 atom stereocenters. The molecule has 0 unspecified atom stereocenters. The summed E-state index contributed by atoms with van der Waals surface area (Å²) >= 11 is 0. The lowest BCUT2D eigenvalue weighted by molar-refractivity contribution is 0.785. The first kappa shape index (κ1) is 13.5. The number of aryl methyl sites for hydroxylation is 2. The third-order valence-electron chi connectivity index (χ3n) is 3.52. The molecule has 100 valence electrons. The van der Waals surface area contributed by atoms with E-state index in [4.69, 9.17) is 5.73 Å². The van der Waals surface area contributed by atoms with E-state index in [2.05, 4.69) is 55.3 Å². The average Bonchev–Trinajstić information content (AvgIpc) is 2.41. The standard InChI is InChI=1S/C17H22N2/c1-14-8-3-6-12-17(14)19(2)13-7-10-15-9-4-5-11-16(15)18/h3-6,8-9,11-12H,7,10,13,18H2,1-2H3. The number of hydrogen-bond acceptors (Lipinski definition) is 2. The number of hydrogen-bond donors (Lipinski definition) is 1. The monoisotopic (exact) mass is 254 g/mol. The SMILES string of the molecule is Cc1ccccc1N(C)CCCc1ccccc1N. The van der Waals surface area contributed by atoms with Crippen molar-refractivity contribution < 1.29 is 0 Å². The fraction of sp³-hybridized carbons (Fsp3) is 0.294. The van der Waals surface area contributed by atoms with Crippen molar-refractivity contribution >= 4 is 11.4 Å². The Kier molecular flexibility index (Phi) is 4.45. The zero-order valence-corrected chi connectivity index (χ0v) is 11.8. The van der Waals surface area contributed by atoms with Crippen LogP contribution in [0, 0.1) is 6.92 Å². The normalized spacial score (nSPS) is 10.4. The molecule has 0 saturated heterocycles. The quantitative estimate of drug-likeness (QED) is 0.825. The van der Waals surface area contributed by atoms with E-state index in [1.54, 1.807) is 0 Å². The minimum absolute atomic E-state index is 0.904. The van der Waals surface area contributed by atoms with Crippen LogP contribution in [0.15, 0.2) is 48.5 Å². The van der Waals surface area contributed by atoms with Crippen LogP contribution >= 0.6 is 0 Å². The second-order valence-electron chi connectivity index (χ2n) is 5.01. The van der Waals surface area contributed by atoms with Crippen LogP contribution in [-0.2, 0) is 6.42 Å². The summed E-state index contributed by atoms with van der Waals surface area (Å²) in [5.41, 5.74) is 10.7. The van der Waals surface area contributed by atoms with E-state index in [0.29, 0.717) is 0 Å². The van der Waals surface area contributed by atoms with Gasteiger partial charge in [-0.25, -0.2) is 0 Å². The summed E-state index contributed by atoms with van der Waals surface area (Å²) in [6.45, 7) is 3.19. The van der Waals surface area contributed by atoms with Crippen molar-refractivity contribution in [1.82, 2.24) is 0 Å². The Morgan fingerprint density at radius 3 is 2.42 bits per heavy atom. The van der Waals surface area contributed by atoms with E-state index < -0.39 is 0 Å². The van der Waals surface area contributed by atoms with Gasteiger partial charge in [0.05, 0.1) is 0 Å². The van der Waals surface area contributed by atoms with Crippen LogP contribution in [-0.4, -0.2) is 13.6 Å². The number of anilines is 2. The largest absolute Gasteiger partial charge is 0.399 e. The molecule has 2 nitrogen and oxygen atoms in total. The van der Waals surface area contributed by atoms with E-state index in [1.807, 2.05) is 12.1 Å². The first-order valence-electron chi connectivity index (χ1n) is 6.78. The second-order valence-corrected chi connectivity index (χ2v) is 5.01. The van der Waals surface area contributed by atoms with Gasteiger partial charge < -0.3 is 10.6 Å². The zero-order chi connectivity index (χ0) is 13.7. The van der Waals surface area contributed by atoms with E-state index >= 15 is 0 Å². The minimum atomic E-state index is 0.904. The highest BCUT2D eigenvalue weighted by molar-refractivity contribution is 5.52. The van der Waals surface area contributed by atoms with Crippen molar-refractivity contribution in [1.29, 1.82) is 0 Å². The first-order valence-corrected chi connectivity index (χ1v) is 6.78. The van der Waals surface area contributed by atoms with Crippen LogP contribution in [0.1, 0.15) is 17.5 Å². The minimum Gasteiger partial charge on any atom is -0.399 e. The van der Waals surface area contributed by atoms with Gasteiger partial charge in [0.15, 0.2) is 0 Å². The Morgan fingerprint density at radius 2 is 1.68 bits per heavy atom. The van der Waals surface area contributed by atoms with Gasteiger partial charge in [-0.3, -0.25) is 0 Å². The van der Waals surface area contributed by atoms with Crippen molar-refractivity contribution in [2.24, 2.45) is 0 Å². The van der Waals surface area contributed by atoms with Gasteiger partial charge in [-0.2, -0.15) is 0 Å². The maximum Gasteiger partial charge on any atom is 0.0393 e. The number of nitrogens with two attached hydrogens (primary N) is 1. The van der Waals surface area contributed by atoms with E-state index in [0.717, 1.165) is 25.1 Å². The second kappa shape index (κ2) is 6.28. The fourth-order valence-electron chi connectivity index (χ4n) is 2.38. The molecule has 0 aliphatic carbocycles. The summed E-state index contributed by atoms with van der Waals surface area (Å²) in [6.07, 6.45) is 2.14. The Morgan fingerprint density at radius 1 is 1.00 bits per heavy atom. The molecule has 0 fully saturated rings. The van der Waals surface area contributed by atoms with Crippen molar-refractivity contribution in [2.75, 3.05) is 24.2 Å². The lowest BCUT2D eigenvalue weighted by Gasteiger charge is -2.21. The maximum atomic E-state index is 5.96. The number of para-hydroxylation sites is 2. The van der Waals surface area contributed by atoms with Gasteiger partial charge in [0, 0.05) is 25.0 Å². The summed E-state index contributed by atoms with van der Waals surface area (Å²) in [5, 5.41) is 0. The molecule has 2 rings (SSSR count). The van der Waals surface area contributed by atoms with Crippen LogP contribution in [0.5, 0.6) is 0 Å². The molecule has 19 heavy (non-hydrogen) atoms. The molecule has 0 aliphatic heterocycles. The smallest absolute Gasteiger partial charge is 0.0393 e. The molecule has 0 aromatic heterocycles. The average molecular weight is 254 g/mol. The summed E-state index contributed by atoms with van der Waals surface area (Å²) in [7, 11) is 2.15. The third kappa shape index (κ3) is 3.50. The van der Waals surface area contributed by atoms with Crippen molar-refractivity contribution in [3.05, 3.63) is 59.7 Å². The summed E-state index contributed by atoms with van der Waals surface area (Å²) < 4.78 is 0. The summed E-state index contributed by atoms with van der Waals surface area (Å²) in [6, 6.07) is 16.6. The predicted octanol–water partition coefficient (Wildman–Crippen LogP) is 3.65. The van der Waals surface area contributed by atoms with Crippen molar-refractivity contribution in [3.63, 3.8) is 0 Å². The van der Waals surface area contributed by atoms with E-state index in [9.17, 15) is 0 Å². The lowest BCUT2D eigenvalue weighted by Crippen LogP contribution is -2.19. The number of rotatable bonds is 5. The van der Waals surface area contributed by atoms with Gasteiger partial charge in [-0.1, -0.05) is 36.4 Å². The summed E-state index contributed by atoms with van der Waals surface area (Å²) in [4.78, 5) is 2.31. The van der Waals surface area contributed by atoms with E-state index in [-0.39, 0.29) is 0 Å². The molecule has 2 heteroatoms. The molecule has 0 spiro atoms. The third-order valence-corrected chi connectivity index (χ3v) is 3.52. The number of benzene rings is 2. The van der Waals surface area contributed by atoms with Gasteiger partial charge in [0.1, 0.15) is 0 Å².